The van der Waals surface area contributed by atoms with Crippen molar-refractivity contribution in [2.45, 2.75) is 56.5 Å². The lowest BCUT2D eigenvalue weighted by Crippen LogP contribution is -2.47. The molecule has 1 saturated carbocycles. The van der Waals surface area contributed by atoms with Gasteiger partial charge in [0.2, 0.25) is 11.2 Å². The van der Waals surface area contributed by atoms with Gasteiger partial charge in [-0.1, -0.05) is 84.9 Å². The molecule has 1 unspecified atom stereocenters. The van der Waals surface area contributed by atoms with Crippen molar-refractivity contribution in [2.24, 2.45) is 11.8 Å². The van der Waals surface area contributed by atoms with Crippen LogP contribution in [-0.2, 0) is 33.0 Å². The number of benzene rings is 5. The van der Waals surface area contributed by atoms with Crippen molar-refractivity contribution < 1.29 is 44.3 Å². The highest BCUT2D eigenvalue weighted by Gasteiger charge is 2.43. The molecule has 6 aromatic rings. The molecule has 2 atom stereocenters. The van der Waals surface area contributed by atoms with Crippen LogP contribution in [-0.4, -0.2) is 86.9 Å². The number of fused-ring (bicyclic) bond motifs is 1. The summed E-state index contributed by atoms with van der Waals surface area (Å²) in [5, 5.41) is 50.4. The fraction of sp³-hybridized carbons (Fsp3) is 0.308. The minimum Gasteiger partial charge on any atom is -0.508 e. The number of aliphatic hydroxyl groups excluding tert-OH is 1. The van der Waals surface area contributed by atoms with Gasteiger partial charge in [-0.15, -0.1) is 0 Å². The average molecular weight is 895 g/mol. The van der Waals surface area contributed by atoms with Crippen LogP contribution in [0.2, 0.25) is 0 Å². The van der Waals surface area contributed by atoms with Crippen molar-refractivity contribution in [3.63, 3.8) is 0 Å². The van der Waals surface area contributed by atoms with E-state index in [1.54, 1.807) is 72.8 Å². The summed E-state index contributed by atoms with van der Waals surface area (Å²) in [7, 11) is 0. The number of H-pyrrole nitrogens is 1. The summed E-state index contributed by atoms with van der Waals surface area (Å²) >= 11 is 0. The van der Waals surface area contributed by atoms with Crippen molar-refractivity contribution in [3.05, 3.63) is 171 Å². The number of hydrogen-bond donors (Lipinski definition) is 7. The Morgan fingerprint density at radius 3 is 2.29 bits per heavy atom. The quantitative estimate of drug-likeness (QED) is 0.0526. The van der Waals surface area contributed by atoms with E-state index in [0.717, 1.165) is 32.5 Å². The van der Waals surface area contributed by atoms with E-state index in [1.165, 1.54) is 29.8 Å². The molecule has 0 spiro atoms. The lowest BCUT2D eigenvalue weighted by Gasteiger charge is -2.34. The van der Waals surface area contributed by atoms with Gasteiger partial charge in [0.05, 0.1) is 18.2 Å². The number of amides is 1. The molecular formula is C52H54N4O10. The fourth-order valence-corrected chi connectivity index (χ4v) is 8.74. The van der Waals surface area contributed by atoms with Crippen LogP contribution in [0.1, 0.15) is 70.0 Å². The van der Waals surface area contributed by atoms with Gasteiger partial charge in [0.1, 0.15) is 23.9 Å². The first-order chi connectivity index (χ1) is 31.9. The predicted molar refractivity (Wildman–Crippen MR) is 247 cm³/mol. The summed E-state index contributed by atoms with van der Waals surface area (Å²) in [5.74, 6) is -1.40. The van der Waals surface area contributed by atoms with Gasteiger partial charge in [0.15, 0.2) is 5.78 Å². The molecule has 1 aliphatic carbocycles. The van der Waals surface area contributed by atoms with Crippen LogP contribution in [0.3, 0.4) is 0 Å². The Balaban J connectivity index is 0.791. The number of piperidine rings is 1. The second kappa shape index (κ2) is 20.6. The molecule has 1 aromatic heterocycles. The Kier molecular flexibility index (Phi) is 14.2. The third-order valence-electron chi connectivity index (χ3n) is 12.7. The summed E-state index contributed by atoms with van der Waals surface area (Å²) in [4.78, 5) is 56.8. The number of ether oxygens (including phenoxy) is 2. The first-order valence-corrected chi connectivity index (χ1v) is 22.3. The lowest BCUT2D eigenvalue weighted by molar-refractivity contribution is -0.164. The van der Waals surface area contributed by atoms with Crippen molar-refractivity contribution in [1.82, 2.24) is 20.5 Å². The first-order valence-electron chi connectivity index (χ1n) is 22.3. The minimum atomic E-state index is -2.12. The molecule has 14 nitrogen and oxygen atoms in total. The molecule has 0 bridgehead atoms. The van der Waals surface area contributed by atoms with E-state index >= 15 is 0 Å². The normalized spacial score (nSPS) is 17.8. The summed E-state index contributed by atoms with van der Waals surface area (Å²) in [6.07, 6.45) is 1.60. The van der Waals surface area contributed by atoms with Crippen LogP contribution in [0.4, 0.5) is 0 Å². The number of likely N-dealkylation sites (tertiary alicyclic amines) is 1. The molecule has 66 heavy (non-hydrogen) atoms. The SMILES string of the molecule is O=C(NC1CC(C(=O)COc2cccc(C(O)(C(=O)OCC3CCN(Cc4ccccc4)CC3)c3ccccc3)c2)C1)c1ccc(CNC[C@H](O)c2ccc(O)c3[nH]c(=O)ccc23)c(O)c1. The van der Waals surface area contributed by atoms with E-state index in [-0.39, 0.29) is 83.7 Å². The number of Topliss-reactive ketones (excluding diaryl/α,β-unsaturated/α-hetero) is 1. The number of nitrogens with one attached hydrogen (secondary N) is 3. The molecule has 2 heterocycles. The number of nitrogens with zero attached hydrogens (tertiary/aromatic N) is 1. The molecule has 7 N–H and O–H groups in total. The van der Waals surface area contributed by atoms with E-state index < -0.39 is 23.6 Å². The van der Waals surface area contributed by atoms with E-state index in [4.69, 9.17) is 9.47 Å². The number of hydrogen-bond acceptors (Lipinski definition) is 12. The zero-order valence-electron chi connectivity index (χ0n) is 36.4. The van der Waals surface area contributed by atoms with Crippen LogP contribution < -0.4 is 20.9 Å². The van der Waals surface area contributed by atoms with E-state index in [1.807, 2.05) is 18.2 Å². The number of aliphatic hydroxyl groups is 2. The molecule has 1 saturated heterocycles. The Labute approximate surface area is 381 Å². The fourth-order valence-electron chi connectivity index (χ4n) is 8.74. The van der Waals surface area contributed by atoms with Gasteiger partial charge in [-0.25, -0.2) is 4.79 Å². The Morgan fingerprint density at radius 1 is 0.818 bits per heavy atom. The number of esters is 1. The van der Waals surface area contributed by atoms with Gasteiger partial charge in [-0.3, -0.25) is 19.3 Å². The topological polar surface area (TPSA) is 211 Å². The smallest absolute Gasteiger partial charge is 0.347 e. The molecule has 2 fully saturated rings. The standard InChI is InChI=1S/C52H54N4O10/c57-44-18-16-42(43-17-19-48(61)55-49(43)44)46(59)29-53-28-36-15-14-35(26-45(36)58)50(62)54-40-24-37(25-40)47(60)32-65-41-13-7-12-39(27-41)52(64,38-10-5-2-6-11-38)51(63)66-31-34-20-22-56(23-21-34)30-33-8-3-1-4-9-33/h1-19,26-27,34,37,40,46,53,57-59,64H,20-25,28-32H2,(H,54,62)(H,55,61)/t37?,40?,46-,52?/m0/s1. The highest BCUT2D eigenvalue weighted by Crippen LogP contribution is 2.35. The summed E-state index contributed by atoms with van der Waals surface area (Å²) in [6, 6.07) is 35.6. The van der Waals surface area contributed by atoms with Gasteiger partial charge in [0.25, 0.3) is 5.91 Å². The zero-order valence-corrected chi connectivity index (χ0v) is 36.4. The molecule has 2 aliphatic rings. The van der Waals surface area contributed by atoms with E-state index in [2.05, 4.69) is 32.7 Å². The number of aromatic hydroxyl groups is 2. The molecule has 14 heteroatoms. The Bertz CT molecular complexity index is 2720. The molecule has 1 amide bonds. The number of phenolic OH excluding ortho intramolecular Hbond substituents is 2. The van der Waals surface area contributed by atoms with E-state index in [0.29, 0.717) is 40.7 Å². The predicted octanol–water partition coefficient (Wildman–Crippen LogP) is 5.61. The molecule has 1 aliphatic heterocycles. The van der Waals surface area contributed by atoms with Crippen LogP contribution in [0.15, 0.2) is 132 Å². The third-order valence-corrected chi connectivity index (χ3v) is 12.7. The molecule has 8 rings (SSSR count). The van der Waals surface area contributed by atoms with Crippen molar-refractivity contribution in [2.75, 3.05) is 32.8 Å². The molecule has 5 aromatic carbocycles. The van der Waals surface area contributed by atoms with Gasteiger partial charge in [-0.05, 0) is 97.8 Å². The van der Waals surface area contributed by atoms with Crippen LogP contribution in [0, 0.1) is 11.8 Å². The number of carbonyl (C=O) groups excluding carboxylic acids is 3. The number of pyridine rings is 1. The van der Waals surface area contributed by atoms with Gasteiger partial charge >= 0.3 is 5.97 Å². The summed E-state index contributed by atoms with van der Waals surface area (Å²) in [6.45, 7) is 2.89. The molecular weight excluding hydrogens is 841 g/mol. The maximum atomic E-state index is 13.9. The third kappa shape index (κ3) is 10.6. The number of rotatable bonds is 18. The Morgan fingerprint density at radius 2 is 1.55 bits per heavy atom. The minimum absolute atomic E-state index is 0.101. The van der Waals surface area contributed by atoms with E-state index in [9.17, 15) is 39.6 Å². The van der Waals surface area contributed by atoms with Crippen molar-refractivity contribution in [3.8, 4) is 17.2 Å². The van der Waals surface area contributed by atoms with Crippen LogP contribution in [0.5, 0.6) is 17.2 Å². The largest absolute Gasteiger partial charge is 0.508 e. The first kappa shape index (κ1) is 45.7. The van der Waals surface area contributed by atoms with Gasteiger partial charge < -0.3 is 45.5 Å². The number of aromatic amines is 1. The van der Waals surface area contributed by atoms with Crippen molar-refractivity contribution >= 4 is 28.6 Å². The molecule has 342 valence electrons. The van der Waals surface area contributed by atoms with Gasteiger partial charge in [-0.2, -0.15) is 0 Å². The highest BCUT2D eigenvalue weighted by atomic mass is 16.5. The number of carbonyl (C=O) groups is 3. The maximum Gasteiger partial charge on any atom is 0.347 e. The number of ketones is 1. The zero-order chi connectivity index (χ0) is 46.2. The second-order valence-corrected chi connectivity index (χ2v) is 17.3. The average Bonchev–Trinajstić information content (AvgIpc) is 3.32. The van der Waals surface area contributed by atoms with Gasteiger partial charge in [0, 0.05) is 59.7 Å². The molecule has 0 radical (unpaired) electrons. The second-order valence-electron chi connectivity index (χ2n) is 17.3. The maximum absolute atomic E-state index is 13.9. The lowest BCUT2D eigenvalue weighted by atomic mass is 9.77. The number of phenols is 2. The van der Waals surface area contributed by atoms with Crippen LogP contribution >= 0.6 is 0 Å². The van der Waals surface area contributed by atoms with Crippen LogP contribution in [0.25, 0.3) is 10.9 Å². The monoisotopic (exact) mass is 894 g/mol. The highest BCUT2D eigenvalue weighted by molar-refractivity contribution is 5.95. The van der Waals surface area contributed by atoms with Crippen molar-refractivity contribution in [1.29, 1.82) is 0 Å². The Hall–Kier alpha value is -6.84. The number of aromatic nitrogens is 1. The summed E-state index contributed by atoms with van der Waals surface area (Å²) < 4.78 is 11.8. The summed E-state index contributed by atoms with van der Waals surface area (Å²) in [5.41, 5.74) is 0.857.